The van der Waals surface area contributed by atoms with Crippen molar-refractivity contribution in [3.8, 4) is 0 Å². The zero-order chi connectivity index (χ0) is 16.8. The Morgan fingerprint density at radius 2 is 1.96 bits per heavy atom. The average Bonchev–Trinajstić information content (AvgIpc) is 2.83. The maximum atomic E-state index is 13.0. The number of hydrogen-bond donors (Lipinski definition) is 0. The van der Waals surface area contributed by atoms with E-state index in [4.69, 9.17) is 4.74 Å². The number of nitrogens with zero attached hydrogens (tertiary/aromatic N) is 2. The normalized spacial score (nSPS) is 23.0. The van der Waals surface area contributed by atoms with E-state index in [1.165, 1.54) is 12.1 Å². The van der Waals surface area contributed by atoms with E-state index in [0.29, 0.717) is 6.42 Å². The fraction of sp³-hybridized carbons (Fsp3) is 0.611. The molecule has 1 aromatic carbocycles. The molecule has 2 saturated heterocycles. The highest BCUT2D eigenvalue weighted by molar-refractivity contribution is 7.99. The number of hydrogen-bond acceptors (Lipinski definition) is 4. The molecule has 0 spiro atoms. The van der Waals surface area contributed by atoms with Crippen molar-refractivity contribution in [2.75, 3.05) is 50.9 Å². The van der Waals surface area contributed by atoms with Gasteiger partial charge < -0.3 is 9.64 Å². The quantitative estimate of drug-likeness (QED) is 0.830. The fourth-order valence-corrected chi connectivity index (χ4v) is 4.33. The van der Waals surface area contributed by atoms with Crippen LogP contribution >= 0.6 is 11.8 Å². The molecule has 2 aliphatic rings. The van der Waals surface area contributed by atoms with Crippen LogP contribution in [0.2, 0.25) is 0 Å². The molecule has 2 fully saturated rings. The minimum atomic E-state index is -0.262. The fourth-order valence-electron chi connectivity index (χ4n) is 3.27. The van der Waals surface area contributed by atoms with E-state index >= 15 is 0 Å². The molecular formula is C18H25FN2O2S. The van der Waals surface area contributed by atoms with Crippen LogP contribution in [0.1, 0.15) is 12.0 Å². The number of carbonyl (C=O) groups is 1. The van der Waals surface area contributed by atoms with Gasteiger partial charge in [0.05, 0.1) is 25.7 Å². The molecule has 0 N–H and O–H groups in total. The molecule has 0 radical (unpaired) electrons. The molecule has 0 aliphatic carbocycles. The second-order valence-electron chi connectivity index (χ2n) is 6.39. The minimum absolute atomic E-state index is 0.155. The standard InChI is InChI=1S/C18H25FN2O2S/c19-16-4-2-15(3-5-16)12-18(22)21-6-1-11-24-14-17(21)13-20-7-9-23-10-8-20/h2-5,17H,1,6-14H2. The lowest BCUT2D eigenvalue weighted by Crippen LogP contribution is -2.50. The molecule has 1 unspecified atom stereocenters. The summed E-state index contributed by atoms with van der Waals surface area (Å²) in [7, 11) is 0. The van der Waals surface area contributed by atoms with Crippen molar-refractivity contribution in [3.05, 3.63) is 35.6 Å². The zero-order valence-electron chi connectivity index (χ0n) is 14.0. The summed E-state index contributed by atoms with van der Waals surface area (Å²) in [5, 5.41) is 0. The third-order valence-electron chi connectivity index (χ3n) is 4.60. The van der Waals surface area contributed by atoms with Crippen molar-refractivity contribution in [2.24, 2.45) is 0 Å². The average molecular weight is 352 g/mol. The Balaban J connectivity index is 1.64. The van der Waals surface area contributed by atoms with Crippen LogP contribution in [0.4, 0.5) is 4.39 Å². The summed E-state index contributed by atoms with van der Waals surface area (Å²) in [5.74, 6) is 2.00. The molecule has 1 atom stereocenters. The molecule has 2 heterocycles. The van der Waals surface area contributed by atoms with Gasteiger partial charge in [-0.2, -0.15) is 11.8 Å². The van der Waals surface area contributed by atoms with Crippen LogP contribution in [0, 0.1) is 5.82 Å². The zero-order valence-corrected chi connectivity index (χ0v) is 14.8. The van der Waals surface area contributed by atoms with Gasteiger partial charge in [0.2, 0.25) is 5.91 Å². The SMILES string of the molecule is O=C(Cc1ccc(F)cc1)N1CCCSCC1CN1CCOCC1. The second kappa shape index (κ2) is 8.83. The van der Waals surface area contributed by atoms with Gasteiger partial charge in [0, 0.05) is 31.9 Å². The first-order valence-electron chi connectivity index (χ1n) is 8.64. The molecule has 3 rings (SSSR count). The van der Waals surface area contributed by atoms with Crippen molar-refractivity contribution >= 4 is 17.7 Å². The highest BCUT2D eigenvalue weighted by atomic mass is 32.2. The van der Waals surface area contributed by atoms with Crippen LogP contribution in [0.15, 0.2) is 24.3 Å². The highest BCUT2D eigenvalue weighted by Crippen LogP contribution is 2.19. The predicted molar refractivity (Wildman–Crippen MR) is 94.8 cm³/mol. The number of carbonyl (C=O) groups excluding carboxylic acids is 1. The first-order chi connectivity index (χ1) is 11.7. The third-order valence-corrected chi connectivity index (χ3v) is 5.80. The van der Waals surface area contributed by atoms with Gasteiger partial charge in [0.1, 0.15) is 5.82 Å². The van der Waals surface area contributed by atoms with Crippen molar-refractivity contribution in [1.82, 2.24) is 9.80 Å². The lowest BCUT2D eigenvalue weighted by Gasteiger charge is -2.35. The molecule has 4 nitrogen and oxygen atoms in total. The number of halogens is 1. The number of amides is 1. The van der Waals surface area contributed by atoms with Crippen LogP contribution in [-0.4, -0.2) is 72.6 Å². The Hall–Kier alpha value is -1.11. The summed E-state index contributed by atoms with van der Waals surface area (Å²) in [5.41, 5.74) is 0.878. The van der Waals surface area contributed by atoms with Gasteiger partial charge in [0.15, 0.2) is 0 Å². The van der Waals surface area contributed by atoms with Crippen LogP contribution in [0.5, 0.6) is 0 Å². The minimum Gasteiger partial charge on any atom is -0.379 e. The van der Waals surface area contributed by atoms with Crippen LogP contribution in [0.3, 0.4) is 0 Å². The van der Waals surface area contributed by atoms with Crippen LogP contribution in [-0.2, 0) is 16.0 Å². The molecule has 1 aromatic rings. The number of rotatable bonds is 4. The molecule has 0 aromatic heterocycles. The van der Waals surface area contributed by atoms with Crippen molar-refractivity contribution < 1.29 is 13.9 Å². The summed E-state index contributed by atoms with van der Waals surface area (Å²) in [6.45, 7) is 5.20. The Morgan fingerprint density at radius 3 is 2.71 bits per heavy atom. The number of benzene rings is 1. The number of morpholine rings is 1. The van der Waals surface area contributed by atoms with Gasteiger partial charge in [-0.15, -0.1) is 0 Å². The van der Waals surface area contributed by atoms with E-state index in [-0.39, 0.29) is 17.8 Å². The van der Waals surface area contributed by atoms with Crippen molar-refractivity contribution in [3.63, 3.8) is 0 Å². The van der Waals surface area contributed by atoms with Gasteiger partial charge >= 0.3 is 0 Å². The number of ether oxygens (including phenoxy) is 1. The number of thioether (sulfide) groups is 1. The van der Waals surface area contributed by atoms with E-state index in [1.54, 1.807) is 12.1 Å². The Kier molecular flexibility index (Phi) is 6.51. The van der Waals surface area contributed by atoms with Crippen molar-refractivity contribution in [2.45, 2.75) is 18.9 Å². The van der Waals surface area contributed by atoms with E-state index in [0.717, 1.165) is 62.9 Å². The van der Waals surface area contributed by atoms with Gasteiger partial charge in [-0.3, -0.25) is 9.69 Å². The predicted octanol–water partition coefficient (Wildman–Crippen LogP) is 2.03. The summed E-state index contributed by atoms with van der Waals surface area (Å²) in [6.07, 6.45) is 1.39. The highest BCUT2D eigenvalue weighted by Gasteiger charge is 2.28. The summed E-state index contributed by atoms with van der Waals surface area (Å²) in [6, 6.07) is 6.51. The van der Waals surface area contributed by atoms with E-state index in [2.05, 4.69) is 9.80 Å². The Bertz CT molecular complexity index is 534. The molecular weight excluding hydrogens is 327 g/mol. The molecule has 2 aliphatic heterocycles. The van der Waals surface area contributed by atoms with Crippen LogP contribution < -0.4 is 0 Å². The molecule has 0 bridgehead atoms. The second-order valence-corrected chi connectivity index (χ2v) is 7.54. The third kappa shape index (κ3) is 4.94. The topological polar surface area (TPSA) is 32.8 Å². The van der Waals surface area contributed by atoms with E-state index < -0.39 is 0 Å². The molecule has 24 heavy (non-hydrogen) atoms. The molecule has 0 saturated carbocycles. The first-order valence-corrected chi connectivity index (χ1v) is 9.79. The van der Waals surface area contributed by atoms with Crippen LogP contribution in [0.25, 0.3) is 0 Å². The summed E-state index contributed by atoms with van der Waals surface area (Å²) in [4.78, 5) is 17.3. The molecule has 132 valence electrons. The summed E-state index contributed by atoms with van der Waals surface area (Å²) >= 11 is 1.94. The van der Waals surface area contributed by atoms with E-state index in [1.807, 2.05) is 11.8 Å². The Labute approximate surface area is 147 Å². The Morgan fingerprint density at radius 1 is 1.21 bits per heavy atom. The summed E-state index contributed by atoms with van der Waals surface area (Å²) < 4.78 is 18.5. The van der Waals surface area contributed by atoms with E-state index in [9.17, 15) is 9.18 Å². The first kappa shape index (κ1) is 17.7. The van der Waals surface area contributed by atoms with Crippen molar-refractivity contribution in [1.29, 1.82) is 0 Å². The lowest BCUT2D eigenvalue weighted by atomic mass is 10.1. The molecule has 1 amide bonds. The smallest absolute Gasteiger partial charge is 0.227 e. The van der Waals surface area contributed by atoms with Gasteiger partial charge in [-0.1, -0.05) is 12.1 Å². The maximum absolute atomic E-state index is 13.0. The van der Waals surface area contributed by atoms with Gasteiger partial charge in [0.25, 0.3) is 0 Å². The lowest BCUT2D eigenvalue weighted by molar-refractivity contribution is -0.132. The van der Waals surface area contributed by atoms with Gasteiger partial charge in [-0.05, 0) is 29.9 Å². The monoisotopic (exact) mass is 352 g/mol. The molecule has 6 heteroatoms. The van der Waals surface area contributed by atoms with Gasteiger partial charge in [-0.25, -0.2) is 4.39 Å². The maximum Gasteiger partial charge on any atom is 0.227 e. The largest absolute Gasteiger partial charge is 0.379 e.